The van der Waals surface area contributed by atoms with Gasteiger partial charge in [0.1, 0.15) is 5.56 Å². The number of ether oxygens (including phenoxy) is 1. The molecular formula is C10H10ClNO4. The van der Waals surface area contributed by atoms with Crippen molar-refractivity contribution in [2.45, 2.75) is 6.92 Å². The maximum atomic E-state index is 11.1. The van der Waals surface area contributed by atoms with Crippen LogP contribution < -0.4 is 5.32 Å². The maximum Gasteiger partial charge on any atom is 0.411 e. The quantitative estimate of drug-likeness (QED) is 0.856. The Bertz CT molecular complexity index is 419. The summed E-state index contributed by atoms with van der Waals surface area (Å²) in [5.74, 6) is -1.21. The van der Waals surface area contributed by atoms with E-state index in [9.17, 15) is 9.59 Å². The van der Waals surface area contributed by atoms with Crippen LogP contribution in [0.1, 0.15) is 17.3 Å². The minimum absolute atomic E-state index is 0.0572. The topological polar surface area (TPSA) is 75.6 Å². The Morgan fingerprint density at radius 3 is 2.75 bits per heavy atom. The third-order valence-corrected chi connectivity index (χ3v) is 2.05. The summed E-state index contributed by atoms with van der Waals surface area (Å²) >= 11 is 5.71. The van der Waals surface area contributed by atoms with Gasteiger partial charge in [-0.3, -0.25) is 5.32 Å². The van der Waals surface area contributed by atoms with Crippen LogP contribution in [0.3, 0.4) is 0 Å². The van der Waals surface area contributed by atoms with Gasteiger partial charge in [-0.05, 0) is 19.1 Å². The molecule has 1 aromatic rings. The van der Waals surface area contributed by atoms with E-state index in [0.29, 0.717) is 0 Å². The first-order valence-corrected chi connectivity index (χ1v) is 4.89. The van der Waals surface area contributed by atoms with Gasteiger partial charge < -0.3 is 9.84 Å². The molecule has 86 valence electrons. The highest BCUT2D eigenvalue weighted by molar-refractivity contribution is 6.34. The number of anilines is 1. The normalized spacial score (nSPS) is 9.62. The van der Waals surface area contributed by atoms with Crippen molar-refractivity contribution in [3.63, 3.8) is 0 Å². The van der Waals surface area contributed by atoms with Gasteiger partial charge in [-0.25, -0.2) is 9.59 Å². The molecule has 0 aliphatic carbocycles. The molecule has 16 heavy (non-hydrogen) atoms. The Hall–Kier alpha value is -1.75. The van der Waals surface area contributed by atoms with E-state index < -0.39 is 12.1 Å². The third kappa shape index (κ3) is 2.87. The van der Waals surface area contributed by atoms with E-state index in [0.717, 1.165) is 0 Å². The number of halogens is 1. The van der Waals surface area contributed by atoms with E-state index in [1.54, 1.807) is 6.92 Å². The molecular weight excluding hydrogens is 234 g/mol. The molecule has 0 atom stereocenters. The van der Waals surface area contributed by atoms with Crippen molar-refractivity contribution >= 4 is 29.4 Å². The van der Waals surface area contributed by atoms with Gasteiger partial charge in [0.05, 0.1) is 17.3 Å². The summed E-state index contributed by atoms with van der Waals surface area (Å²) in [5, 5.41) is 11.3. The van der Waals surface area contributed by atoms with Gasteiger partial charge in [0.15, 0.2) is 0 Å². The van der Waals surface area contributed by atoms with Crippen LogP contribution in [0, 0.1) is 0 Å². The van der Waals surface area contributed by atoms with Crippen molar-refractivity contribution in [1.29, 1.82) is 0 Å². The average Bonchev–Trinajstić information content (AvgIpc) is 2.17. The summed E-state index contributed by atoms with van der Waals surface area (Å²) in [5.41, 5.74) is -0.0457. The number of hydrogen-bond donors (Lipinski definition) is 2. The first-order chi connectivity index (χ1) is 7.56. The molecule has 5 nitrogen and oxygen atoms in total. The molecule has 6 heteroatoms. The van der Waals surface area contributed by atoms with Crippen LogP contribution in [0.4, 0.5) is 10.5 Å². The standard InChI is InChI=1S/C10H10ClNO4/c1-2-16-10(15)12-7-5-3-4-6(11)8(7)9(13)14/h3-5H,2H2,1H3,(H,12,15)(H,13,14). The van der Waals surface area contributed by atoms with Crippen LogP contribution >= 0.6 is 11.6 Å². The van der Waals surface area contributed by atoms with Crippen molar-refractivity contribution < 1.29 is 19.4 Å². The van der Waals surface area contributed by atoms with E-state index in [-0.39, 0.29) is 22.9 Å². The van der Waals surface area contributed by atoms with Crippen LogP contribution in [0.25, 0.3) is 0 Å². The number of carbonyl (C=O) groups is 2. The minimum atomic E-state index is -1.21. The van der Waals surface area contributed by atoms with Crippen molar-refractivity contribution in [3.8, 4) is 0 Å². The SMILES string of the molecule is CCOC(=O)Nc1cccc(Cl)c1C(=O)O. The molecule has 2 N–H and O–H groups in total. The molecule has 0 unspecified atom stereocenters. The summed E-state index contributed by atoms with van der Waals surface area (Å²) in [6, 6.07) is 4.41. The van der Waals surface area contributed by atoms with E-state index in [1.165, 1.54) is 18.2 Å². The first kappa shape index (κ1) is 12.3. The Morgan fingerprint density at radius 1 is 1.50 bits per heavy atom. The van der Waals surface area contributed by atoms with E-state index in [1.807, 2.05) is 0 Å². The summed E-state index contributed by atoms with van der Waals surface area (Å²) < 4.78 is 4.63. The molecule has 1 aromatic carbocycles. The van der Waals surface area contributed by atoms with Crippen molar-refractivity contribution in [3.05, 3.63) is 28.8 Å². The number of carboxylic acids is 1. The van der Waals surface area contributed by atoms with Gasteiger partial charge >= 0.3 is 12.1 Å². The molecule has 0 aliphatic heterocycles. The lowest BCUT2D eigenvalue weighted by molar-refractivity contribution is 0.0698. The number of nitrogens with one attached hydrogen (secondary N) is 1. The Kier molecular flexibility index (Phi) is 4.13. The molecule has 0 heterocycles. The highest BCUT2D eigenvalue weighted by Crippen LogP contribution is 2.24. The van der Waals surface area contributed by atoms with E-state index >= 15 is 0 Å². The molecule has 0 spiro atoms. The lowest BCUT2D eigenvalue weighted by Gasteiger charge is -2.09. The molecule has 0 saturated heterocycles. The number of amides is 1. The van der Waals surface area contributed by atoms with Crippen molar-refractivity contribution in [2.75, 3.05) is 11.9 Å². The summed E-state index contributed by atoms with van der Waals surface area (Å²) in [4.78, 5) is 22.0. The number of rotatable bonds is 3. The fourth-order valence-electron chi connectivity index (χ4n) is 1.12. The average molecular weight is 244 g/mol. The van der Waals surface area contributed by atoms with Gasteiger partial charge in [-0.15, -0.1) is 0 Å². The smallest absolute Gasteiger partial charge is 0.411 e. The van der Waals surface area contributed by atoms with Gasteiger partial charge in [0.2, 0.25) is 0 Å². The van der Waals surface area contributed by atoms with Crippen LogP contribution in [0.15, 0.2) is 18.2 Å². The maximum absolute atomic E-state index is 11.1. The second-order valence-electron chi connectivity index (χ2n) is 2.81. The summed E-state index contributed by atoms with van der Waals surface area (Å²) in [6.07, 6.45) is -0.715. The second-order valence-corrected chi connectivity index (χ2v) is 3.22. The molecule has 0 saturated carbocycles. The lowest BCUT2D eigenvalue weighted by atomic mass is 10.2. The molecule has 0 bridgehead atoms. The highest BCUT2D eigenvalue weighted by atomic mass is 35.5. The van der Waals surface area contributed by atoms with Gasteiger partial charge in [-0.2, -0.15) is 0 Å². The van der Waals surface area contributed by atoms with E-state index in [4.69, 9.17) is 16.7 Å². The molecule has 0 aromatic heterocycles. The number of hydrogen-bond acceptors (Lipinski definition) is 3. The summed E-state index contributed by atoms with van der Waals surface area (Å²) in [6.45, 7) is 1.85. The molecule has 1 rings (SSSR count). The largest absolute Gasteiger partial charge is 0.478 e. The Balaban J connectivity index is 3.00. The van der Waals surface area contributed by atoms with Crippen molar-refractivity contribution in [2.24, 2.45) is 0 Å². The number of aromatic carboxylic acids is 1. The molecule has 0 aliphatic rings. The Labute approximate surface area is 97.0 Å². The summed E-state index contributed by atoms with van der Waals surface area (Å²) in [7, 11) is 0. The first-order valence-electron chi connectivity index (χ1n) is 4.51. The zero-order valence-corrected chi connectivity index (χ0v) is 9.25. The number of benzene rings is 1. The van der Waals surface area contributed by atoms with Crippen LogP contribution in [-0.4, -0.2) is 23.8 Å². The molecule has 1 amide bonds. The predicted molar refractivity (Wildman–Crippen MR) is 59.1 cm³/mol. The highest BCUT2D eigenvalue weighted by Gasteiger charge is 2.16. The molecule has 0 radical (unpaired) electrons. The number of carboxylic acid groups (broad SMARTS) is 1. The fraction of sp³-hybridized carbons (Fsp3) is 0.200. The third-order valence-electron chi connectivity index (χ3n) is 1.74. The van der Waals surface area contributed by atoms with Gasteiger partial charge in [-0.1, -0.05) is 17.7 Å². The van der Waals surface area contributed by atoms with E-state index in [2.05, 4.69) is 10.1 Å². The predicted octanol–water partition coefficient (Wildman–Crippen LogP) is 2.61. The zero-order valence-electron chi connectivity index (χ0n) is 8.49. The number of carbonyl (C=O) groups excluding carboxylic acids is 1. The fourth-order valence-corrected chi connectivity index (χ4v) is 1.38. The molecule has 0 fully saturated rings. The second kappa shape index (κ2) is 5.37. The zero-order chi connectivity index (χ0) is 12.1. The monoisotopic (exact) mass is 243 g/mol. The lowest BCUT2D eigenvalue weighted by Crippen LogP contribution is -2.16. The van der Waals surface area contributed by atoms with Gasteiger partial charge in [0.25, 0.3) is 0 Å². The van der Waals surface area contributed by atoms with Crippen molar-refractivity contribution in [1.82, 2.24) is 0 Å². The minimum Gasteiger partial charge on any atom is -0.478 e. The van der Waals surface area contributed by atoms with Crippen LogP contribution in [0.2, 0.25) is 5.02 Å². The van der Waals surface area contributed by atoms with Crippen LogP contribution in [0.5, 0.6) is 0 Å². The van der Waals surface area contributed by atoms with Crippen LogP contribution in [-0.2, 0) is 4.74 Å². The Morgan fingerprint density at radius 2 is 2.19 bits per heavy atom. The van der Waals surface area contributed by atoms with Gasteiger partial charge in [0, 0.05) is 0 Å².